The molecular formula is C9H16O4. The molecule has 0 aromatic rings. The van der Waals surface area contributed by atoms with Crippen LogP contribution >= 0.6 is 0 Å². The van der Waals surface area contributed by atoms with Gasteiger partial charge in [-0.25, -0.2) is 0 Å². The average Bonchev–Trinajstić information content (AvgIpc) is 2.54. The fourth-order valence-electron chi connectivity index (χ4n) is 1.49. The Morgan fingerprint density at radius 3 is 2.62 bits per heavy atom. The van der Waals surface area contributed by atoms with Gasteiger partial charge < -0.3 is 14.2 Å². The van der Waals surface area contributed by atoms with E-state index in [1.165, 1.54) is 14.2 Å². The van der Waals surface area contributed by atoms with Gasteiger partial charge in [0.15, 0.2) is 0 Å². The zero-order valence-corrected chi connectivity index (χ0v) is 8.12. The monoisotopic (exact) mass is 188 g/mol. The van der Waals surface area contributed by atoms with Gasteiger partial charge in [0.25, 0.3) is 6.48 Å². The fraction of sp³-hybridized carbons (Fsp3) is 0.889. The van der Waals surface area contributed by atoms with Crippen LogP contribution in [0.4, 0.5) is 0 Å². The molecule has 1 atom stereocenters. The molecule has 0 radical (unpaired) electrons. The molecule has 0 saturated heterocycles. The van der Waals surface area contributed by atoms with Crippen LogP contribution in [0.3, 0.4) is 0 Å². The summed E-state index contributed by atoms with van der Waals surface area (Å²) in [7, 11) is 3.01. The van der Waals surface area contributed by atoms with Crippen molar-refractivity contribution < 1.29 is 19.0 Å². The summed E-state index contributed by atoms with van der Waals surface area (Å²) >= 11 is 0. The molecule has 1 saturated carbocycles. The molecule has 0 spiro atoms. The van der Waals surface area contributed by atoms with Crippen LogP contribution in [0.1, 0.15) is 19.3 Å². The highest BCUT2D eigenvalue weighted by molar-refractivity contribution is 5.82. The van der Waals surface area contributed by atoms with Crippen LogP contribution in [0.2, 0.25) is 0 Å². The number of carbonyl (C=O) groups excluding carboxylic acids is 1. The Kier molecular flexibility index (Phi) is 4.35. The van der Waals surface area contributed by atoms with Crippen LogP contribution < -0.4 is 0 Å². The van der Waals surface area contributed by atoms with Gasteiger partial charge in [-0.15, -0.1) is 0 Å². The van der Waals surface area contributed by atoms with Crippen molar-refractivity contribution >= 4 is 5.78 Å². The van der Waals surface area contributed by atoms with Crippen molar-refractivity contribution in [1.29, 1.82) is 0 Å². The van der Waals surface area contributed by atoms with Crippen LogP contribution in [0, 0.1) is 5.92 Å². The second-order valence-corrected chi connectivity index (χ2v) is 3.15. The molecule has 76 valence electrons. The third kappa shape index (κ3) is 3.06. The lowest BCUT2D eigenvalue weighted by atomic mass is 10.1. The Morgan fingerprint density at radius 1 is 1.46 bits per heavy atom. The van der Waals surface area contributed by atoms with Crippen molar-refractivity contribution in [2.24, 2.45) is 5.92 Å². The van der Waals surface area contributed by atoms with Gasteiger partial charge in [-0.05, 0) is 12.8 Å². The van der Waals surface area contributed by atoms with Crippen molar-refractivity contribution in [1.82, 2.24) is 0 Å². The Balaban J connectivity index is 2.20. The maximum atomic E-state index is 11.2. The number of rotatable bonds is 5. The molecule has 4 nitrogen and oxygen atoms in total. The zero-order chi connectivity index (χ0) is 9.68. The molecule has 0 N–H and O–H groups in total. The lowest BCUT2D eigenvalue weighted by Crippen LogP contribution is -2.23. The van der Waals surface area contributed by atoms with Crippen molar-refractivity contribution in [2.45, 2.75) is 25.7 Å². The number of hydrogen-bond acceptors (Lipinski definition) is 4. The molecule has 1 rings (SSSR count). The lowest BCUT2D eigenvalue weighted by Gasteiger charge is -2.15. The lowest BCUT2D eigenvalue weighted by molar-refractivity contribution is -0.268. The minimum atomic E-state index is -0.645. The summed E-state index contributed by atoms with van der Waals surface area (Å²) in [6, 6.07) is 0. The van der Waals surface area contributed by atoms with Crippen molar-refractivity contribution in [3.8, 4) is 0 Å². The van der Waals surface area contributed by atoms with Gasteiger partial charge in [-0.1, -0.05) is 0 Å². The van der Waals surface area contributed by atoms with Gasteiger partial charge in [0.05, 0.1) is 6.61 Å². The maximum Gasteiger partial charge on any atom is 0.271 e. The number of ketones is 1. The van der Waals surface area contributed by atoms with E-state index in [1.807, 2.05) is 0 Å². The molecule has 0 aromatic heterocycles. The fourth-order valence-corrected chi connectivity index (χ4v) is 1.49. The van der Waals surface area contributed by atoms with Crippen LogP contribution in [0.15, 0.2) is 0 Å². The highest BCUT2D eigenvalue weighted by atomic mass is 16.8. The number of Topliss-reactive ketones (excluding diaryl/α,β-unsaturated/α-hetero) is 1. The van der Waals surface area contributed by atoms with E-state index in [0.29, 0.717) is 18.8 Å². The highest BCUT2D eigenvalue weighted by Crippen LogP contribution is 2.21. The molecule has 0 bridgehead atoms. The van der Waals surface area contributed by atoms with E-state index in [1.54, 1.807) is 0 Å². The number of ether oxygens (including phenoxy) is 3. The molecule has 0 aromatic carbocycles. The summed E-state index contributed by atoms with van der Waals surface area (Å²) in [5.74, 6) is 0.346. The summed E-state index contributed by atoms with van der Waals surface area (Å²) in [6.07, 6.45) is 2.61. The van der Waals surface area contributed by atoms with Crippen LogP contribution in [-0.2, 0) is 19.0 Å². The first-order chi connectivity index (χ1) is 6.27. The summed E-state index contributed by atoms with van der Waals surface area (Å²) in [4.78, 5) is 11.2. The first-order valence-electron chi connectivity index (χ1n) is 4.48. The number of methoxy groups -OCH3 is 2. The minimum absolute atomic E-state index is 0.0489. The zero-order valence-electron chi connectivity index (χ0n) is 8.12. The molecule has 1 fully saturated rings. The largest absolute Gasteiger partial charge is 0.333 e. The first-order valence-corrected chi connectivity index (χ1v) is 4.48. The summed E-state index contributed by atoms with van der Waals surface area (Å²) < 4.78 is 14.9. The van der Waals surface area contributed by atoms with Crippen molar-refractivity contribution in [3.05, 3.63) is 0 Å². The highest BCUT2D eigenvalue weighted by Gasteiger charge is 2.25. The number of hydrogen-bond donors (Lipinski definition) is 0. The molecular weight excluding hydrogens is 172 g/mol. The Labute approximate surface area is 78.2 Å². The molecule has 1 unspecified atom stereocenters. The molecule has 0 amide bonds. The standard InChI is InChI=1S/C9H16O4/c1-11-9(12-2)13-6-7-4-3-5-8(7)10/h7,9H,3-6H2,1-2H3. The van der Waals surface area contributed by atoms with E-state index in [9.17, 15) is 4.79 Å². The third-order valence-electron chi connectivity index (χ3n) is 2.25. The van der Waals surface area contributed by atoms with E-state index in [4.69, 9.17) is 14.2 Å². The predicted molar refractivity (Wildman–Crippen MR) is 46.1 cm³/mol. The molecule has 1 aliphatic rings. The van der Waals surface area contributed by atoms with E-state index >= 15 is 0 Å². The van der Waals surface area contributed by atoms with Gasteiger partial charge >= 0.3 is 0 Å². The summed E-state index contributed by atoms with van der Waals surface area (Å²) in [5.41, 5.74) is 0. The Hall–Kier alpha value is -0.450. The second-order valence-electron chi connectivity index (χ2n) is 3.15. The van der Waals surface area contributed by atoms with E-state index in [-0.39, 0.29) is 5.92 Å². The average molecular weight is 188 g/mol. The van der Waals surface area contributed by atoms with Crippen LogP contribution in [0.5, 0.6) is 0 Å². The Bertz CT molecular complexity index is 165. The molecule has 4 heteroatoms. The third-order valence-corrected chi connectivity index (χ3v) is 2.25. The van der Waals surface area contributed by atoms with Crippen molar-refractivity contribution in [3.63, 3.8) is 0 Å². The van der Waals surface area contributed by atoms with Crippen LogP contribution in [0.25, 0.3) is 0 Å². The number of carbonyl (C=O) groups is 1. The van der Waals surface area contributed by atoms with Gasteiger partial charge in [0, 0.05) is 26.6 Å². The first kappa shape index (κ1) is 10.6. The summed E-state index contributed by atoms with van der Waals surface area (Å²) in [6.45, 7) is -0.237. The van der Waals surface area contributed by atoms with Gasteiger partial charge in [-0.3, -0.25) is 4.79 Å². The van der Waals surface area contributed by atoms with E-state index in [2.05, 4.69) is 0 Å². The SMILES string of the molecule is COC(OC)OCC1CCCC1=O. The second kappa shape index (κ2) is 5.32. The van der Waals surface area contributed by atoms with Crippen molar-refractivity contribution in [2.75, 3.05) is 20.8 Å². The van der Waals surface area contributed by atoms with Gasteiger partial charge in [0.1, 0.15) is 5.78 Å². The minimum Gasteiger partial charge on any atom is -0.333 e. The van der Waals surface area contributed by atoms with Crippen LogP contribution in [-0.4, -0.2) is 33.1 Å². The molecule has 13 heavy (non-hydrogen) atoms. The van der Waals surface area contributed by atoms with Gasteiger partial charge in [0.2, 0.25) is 0 Å². The smallest absolute Gasteiger partial charge is 0.271 e. The molecule has 0 aliphatic heterocycles. The topological polar surface area (TPSA) is 44.8 Å². The normalized spacial score (nSPS) is 23.0. The Morgan fingerprint density at radius 2 is 2.15 bits per heavy atom. The molecule has 0 heterocycles. The summed E-state index contributed by atoms with van der Waals surface area (Å²) in [5, 5.41) is 0. The predicted octanol–water partition coefficient (Wildman–Crippen LogP) is 0.949. The maximum absolute atomic E-state index is 11.2. The van der Waals surface area contributed by atoms with E-state index < -0.39 is 6.48 Å². The van der Waals surface area contributed by atoms with E-state index in [0.717, 1.165) is 12.8 Å². The van der Waals surface area contributed by atoms with Gasteiger partial charge in [-0.2, -0.15) is 0 Å². The quantitative estimate of drug-likeness (QED) is 0.602. The molecule has 1 aliphatic carbocycles.